The molecule has 0 aromatic rings. The van der Waals surface area contributed by atoms with E-state index in [1.807, 2.05) is 27.2 Å². The molecular formula is C84H145N2O6P. The van der Waals surface area contributed by atoms with E-state index in [9.17, 15) is 19.4 Å². The lowest BCUT2D eigenvalue weighted by molar-refractivity contribution is -0.870. The van der Waals surface area contributed by atoms with E-state index < -0.39 is 26.6 Å². The van der Waals surface area contributed by atoms with E-state index in [4.69, 9.17) is 9.05 Å². The van der Waals surface area contributed by atoms with Gasteiger partial charge in [-0.25, -0.2) is 0 Å². The molecule has 0 saturated heterocycles. The van der Waals surface area contributed by atoms with Gasteiger partial charge in [-0.05, 0) is 122 Å². The van der Waals surface area contributed by atoms with Crippen molar-refractivity contribution in [3.8, 4) is 0 Å². The molecule has 0 aliphatic heterocycles. The van der Waals surface area contributed by atoms with Crippen molar-refractivity contribution in [2.45, 2.75) is 328 Å². The van der Waals surface area contributed by atoms with Crippen LogP contribution >= 0.6 is 7.82 Å². The van der Waals surface area contributed by atoms with Crippen LogP contribution in [-0.4, -0.2) is 68.5 Å². The van der Waals surface area contributed by atoms with Crippen LogP contribution in [0.3, 0.4) is 0 Å². The Hall–Kier alpha value is -3.88. The van der Waals surface area contributed by atoms with Gasteiger partial charge in [-0.2, -0.15) is 0 Å². The molecule has 9 heteroatoms. The number of allylic oxidation sites excluding steroid dienone is 25. The van der Waals surface area contributed by atoms with Gasteiger partial charge in [-0.15, -0.1) is 0 Å². The number of likely N-dealkylation sites (N-methyl/N-ethyl adjacent to an activating group) is 1. The van der Waals surface area contributed by atoms with Crippen molar-refractivity contribution < 1.29 is 32.9 Å². The topological polar surface area (TPSA) is 108 Å². The maximum atomic E-state index is 13.1. The molecule has 0 rings (SSSR count). The molecular weight excluding hydrogens is 1160 g/mol. The van der Waals surface area contributed by atoms with Gasteiger partial charge in [-0.3, -0.25) is 9.36 Å². The number of phosphoric ester groups is 1. The Bertz CT molecular complexity index is 2080. The average Bonchev–Trinajstić information content (AvgIpc) is 1.94. The number of hydrogen-bond donors (Lipinski definition) is 2. The first-order valence-corrected chi connectivity index (χ1v) is 39.8. The zero-order valence-corrected chi connectivity index (χ0v) is 61.8. The standard InChI is InChI=1S/C84H145N2O6P/c1-6-8-10-12-14-16-18-20-22-24-26-28-30-32-34-36-38-40-41-42-43-44-45-46-48-50-52-54-56-58-60-62-64-66-68-70-72-74-76-78-84(88)85-82(81-92-93(89,90)91-80-79-86(3,4)5)83(87)77-75-73-71-69-67-65-63-61-59-57-55-53-51-49-47-39-37-35-33-31-29-27-25-23-21-19-17-15-13-11-9-7-2/h8,10,14,16,20,22,26,28,32,34,38,40,42-43,45-46,50,52,56,58-59,61,67,69,75,77,82-83,87H,6-7,9,11-13,15,17-19,21,23-25,27,29-31,33,35-37,39,41,44,47-49,51,53-55,57,60,62-66,68,70-74,76,78-81H2,1-5H3,(H-,85,88,89,90)/b10-8-,16-14-,22-20-,28-26-,34-32-,40-38-,43-42-,46-45-,52-50-,58-56-,61-59+,69-67+,77-75+. The normalized spacial score (nSPS) is 14.4. The number of carbonyl (C=O) groups is 1. The van der Waals surface area contributed by atoms with Crippen LogP contribution in [0, 0.1) is 0 Å². The first-order valence-electron chi connectivity index (χ1n) is 38.3. The number of phosphoric acid groups is 1. The Morgan fingerprint density at radius 1 is 0.387 bits per heavy atom. The average molecular weight is 1310 g/mol. The fourth-order valence-electron chi connectivity index (χ4n) is 10.6. The van der Waals surface area contributed by atoms with Gasteiger partial charge in [-0.1, -0.05) is 345 Å². The first kappa shape index (κ1) is 89.1. The van der Waals surface area contributed by atoms with Crippen molar-refractivity contribution in [2.24, 2.45) is 0 Å². The highest BCUT2D eigenvalue weighted by molar-refractivity contribution is 7.45. The van der Waals surface area contributed by atoms with Crippen LogP contribution in [0.1, 0.15) is 316 Å². The molecule has 0 heterocycles. The molecule has 0 bridgehead atoms. The minimum atomic E-state index is -4.63. The summed E-state index contributed by atoms with van der Waals surface area (Å²) in [5, 5.41) is 14.0. The zero-order valence-electron chi connectivity index (χ0n) is 60.9. The molecule has 2 N–H and O–H groups in total. The summed E-state index contributed by atoms with van der Waals surface area (Å²) in [4.78, 5) is 25.7. The van der Waals surface area contributed by atoms with Crippen molar-refractivity contribution in [3.05, 3.63) is 158 Å². The Balaban J connectivity index is 4.17. The second-order valence-electron chi connectivity index (χ2n) is 26.6. The van der Waals surface area contributed by atoms with Crippen LogP contribution in [0.4, 0.5) is 0 Å². The van der Waals surface area contributed by atoms with E-state index in [2.05, 4.69) is 165 Å². The highest BCUT2D eigenvalue weighted by Crippen LogP contribution is 2.38. The Labute approximate surface area is 575 Å². The van der Waals surface area contributed by atoms with Gasteiger partial charge in [0.25, 0.3) is 7.82 Å². The highest BCUT2D eigenvalue weighted by Gasteiger charge is 2.23. The number of quaternary nitrogens is 1. The van der Waals surface area contributed by atoms with Crippen LogP contribution in [0.15, 0.2) is 158 Å². The number of nitrogens with one attached hydrogen (secondary N) is 1. The maximum Gasteiger partial charge on any atom is 0.268 e. The van der Waals surface area contributed by atoms with Crippen LogP contribution in [0.25, 0.3) is 0 Å². The van der Waals surface area contributed by atoms with Gasteiger partial charge in [0.2, 0.25) is 5.91 Å². The summed E-state index contributed by atoms with van der Waals surface area (Å²) < 4.78 is 23.5. The summed E-state index contributed by atoms with van der Waals surface area (Å²) in [5.74, 6) is -0.224. The second kappa shape index (κ2) is 72.4. The summed E-state index contributed by atoms with van der Waals surface area (Å²) in [6, 6.07) is -0.929. The number of unbranched alkanes of at least 4 members (excludes halogenated alkanes) is 32. The van der Waals surface area contributed by atoms with Crippen molar-refractivity contribution in [3.63, 3.8) is 0 Å². The molecule has 1 amide bonds. The highest BCUT2D eigenvalue weighted by atomic mass is 31.2. The Kier molecular flexibility index (Phi) is 69.4. The predicted octanol–water partition coefficient (Wildman–Crippen LogP) is 24.6. The second-order valence-corrected chi connectivity index (χ2v) is 28.0. The lowest BCUT2D eigenvalue weighted by Gasteiger charge is -2.29. The van der Waals surface area contributed by atoms with E-state index in [1.165, 1.54) is 173 Å². The number of aliphatic hydroxyl groups excluding tert-OH is 1. The van der Waals surface area contributed by atoms with Gasteiger partial charge in [0.05, 0.1) is 39.9 Å². The monoisotopic (exact) mass is 1310 g/mol. The molecule has 93 heavy (non-hydrogen) atoms. The molecule has 0 aromatic heterocycles. The van der Waals surface area contributed by atoms with Crippen molar-refractivity contribution >= 4 is 13.7 Å². The smallest absolute Gasteiger partial charge is 0.268 e. The van der Waals surface area contributed by atoms with E-state index in [0.29, 0.717) is 17.4 Å². The molecule has 532 valence electrons. The third-order valence-electron chi connectivity index (χ3n) is 16.4. The third kappa shape index (κ3) is 75.4. The van der Waals surface area contributed by atoms with Crippen LogP contribution in [0.2, 0.25) is 0 Å². The van der Waals surface area contributed by atoms with Gasteiger partial charge in [0.1, 0.15) is 13.2 Å². The van der Waals surface area contributed by atoms with E-state index in [-0.39, 0.29) is 12.5 Å². The number of amides is 1. The van der Waals surface area contributed by atoms with Gasteiger partial charge < -0.3 is 28.8 Å². The molecule has 0 saturated carbocycles. The Morgan fingerprint density at radius 2 is 0.667 bits per heavy atom. The fourth-order valence-corrected chi connectivity index (χ4v) is 11.3. The lowest BCUT2D eigenvalue weighted by atomic mass is 10.0. The molecule has 0 aliphatic rings. The quantitative estimate of drug-likeness (QED) is 0.0272. The summed E-state index contributed by atoms with van der Waals surface area (Å²) in [6.07, 6.45) is 112. The molecule has 0 aliphatic carbocycles. The summed E-state index contributed by atoms with van der Waals surface area (Å²) in [5.41, 5.74) is 0. The third-order valence-corrected chi connectivity index (χ3v) is 17.4. The van der Waals surface area contributed by atoms with Crippen molar-refractivity contribution in [2.75, 3.05) is 40.9 Å². The number of nitrogens with zero attached hydrogens (tertiary/aromatic N) is 1. The van der Waals surface area contributed by atoms with Gasteiger partial charge >= 0.3 is 0 Å². The molecule has 0 radical (unpaired) electrons. The number of carbonyl (C=O) groups excluding carboxylic acids is 1. The fraction of sp³-hybridized carbons (Fsp3) is 0.679. The first-order chi connectivity index (χ1) is 45.5. The molecule has 0 fully saturated rings. The molecule has 8 nitrogen and oxygen atoms in total. The van der Waals surface area contributed by atoms with E-state index in [1.54, 1.807) is 6.08 Å². The van der Waals surface area contributed by atoms with Gasteiger partial charge in [0, 0.05) is 6.42 Å². The molecule has 3 atom stereocenters. The minimum Gasteiger partial charge on any atom is -0.756 e. The van der Waals surface area contributed by atoms with Crippen molar-refractivity contribution in [1.29, 1.82) is 0 Å². The minimum absolute atomic E-state index is 0.0184. The number of rotatable bonds is 69. The zero-order chi connectivity index (χ0) is 67.6. The van der Waals surface area contributed by atoms with Gasteiger partial charge in [0.15, 0.2) is 0 Å². The molecule has 0 aromatic carbocycles. The van der Waals surface area contributed by atoms with E-state index in [0.717, 1.165) is 122 Å². The summed E-state index contributed by atoms with van der Waals surface area (Å²) in [6.45, 7) is 4.51. The van der Waals surface area contributed by atoms with Crippen LogP contribution < -0.4 is 10.2 Å². The largest absolute Gasteiger partial charge is 0.756 e. The van der Waals surface area contributed by atoms with Crippen LogP contribution in [0.5, 0.6) is 0 Å². The summed E-state index contributed by atoms with van der Waals surface area (Å²) >= 11 is 0. The SMILES string of the molecule is CC/C=C\C/C=C\C/C=C\C/C=C\C/C=C\C/C=C\C/C=C\C/C=C\C/C=C\C/C=C\CCCCCCCCCCC(=O)NC(COP(=O)([O-])OCC[N+](C)(C)C)C(O)/C=C/CC/C=C/CC/C=C/CCCCCCCCCCCCCCCCCCCCCCCC. The summed E-state index contributed by atoms with van der Waals surface area (Å²) in [7, 11) is 1.21. The molecule has 3 unspecified atom stereocenters. The van der Waals surface area contributed by atoms with E-state index >= 15 is 0 Å². The number of hydrogen-bond acceptors (Lipinski definition) is 6. The maximum absolute atomic E-state index is 13.1. The predicted molar refractivity (Wildman–Crippen MR) is 408 cm³/mol. The molecule has 0 spiro atoms. The van der Waals surface area contributed by atoms with Crippen LogP contribution in [-0.2, 0) is 18.4 Å². The Morgan fingerprint density at radius 3 is 1.00 bits per heavy atom. The van der Waals surface area contributed by atoms with Crippen molar-refractivity contribution in [1.82, 2.24) is 5.32 Å². The lowest BCUT2D eigenvalue weighted by Crippen LogP contribution is -2.45. The number of aliphatic hydroxyl groups is 1.